The lowest BCUT2D eigenvalue weighted by Crippen LogP contribution is -2.11. The molecule has 0 saturated carbocycles. The number of hydrogen-bond donors (Lipinski definition) is 0. The van der Waals surface area contributed by atoms with E-state index in [2.05, 4.69) is 29.6 Å². The Morgan fingerprint density at radius 1 is 1.18 bits per heavy atom. The lowest BCUT2D eigenvalue weighted by atomic mass is 10.1. The molecule has 0 N–H and O–H groups in total. The Kier molecular flexibility index (Phi) is 4.77. The second-order valence-electron chi connectivity index (χ2n) is 7.26. The van der Waals surface area contributed by atoms with Crippen molar-refractivity contribution in [2.24, 2.45) is 5.92 Å². The van der Waals surface area contributed by atoms with Gasteiger partial charge in [-0.15, -0.1) is 0 Å². The van der Waals surface area contributed by atoms with Crippen LogP contribution in [-0.4, -0.2) is 24.3 Å². The topological polar surface area (TPSA) is 78.8 Å². The molecule has 0 unspecified atom stereocenters. The highest BCUT2D eigenvalue weighted by molar-refractivity contribution is 6.34. The summed E-state index contributed by atoms with van der Waals surface area (Å²) in [6.07, 6.45) is 1.04. The van der Waals surface area contributed by atoms with Crippen LogP contribution < -0.4 is 0 Å². The number of benzene rings is 2. The first-order valence-electron chi connectivity index (χ1n) is 9.18. The molecule has 0 amide bonds. The molecule has 0 aliphatic rings. The van der Waals surface area contributed by atoms with Crippen molar-refractivity contribution in [2.45, 2.75) is 33.4 Å². The Balaban J connectivity index is 1.77. The third kappa shape index (κ3) is 3.33. The average molecular weight is 398 g/mol. The van der Waals surface area contributed by atoms with Crippen LogP contribution in [0.2, 0.25) is 5.15 Å². The molecule has 28 heavy (non-hydrogen) atoms. The first-order valence-corrected chi connectivity index (χ1v) is 9.56. The van der Waals surface area contributed by atoms with Gasteiger partial charge in [0.05, 0.1) is 28.0 Å². The van der Waals surface area contributed by atoms with Crippen LogP contribution in [0.1, 0.15) is 26.1 Å². The number of fused-ring (bicyclic) bond motifs is 2. The van der Waals surface area contributed by atoms with Gasteiger partial charge in [0, 0.05) is 24.1 Å². The molecule has 8 heteroatoms. The molecule has 0 radical (unpaired) electrons. The van der Waals surface area contributed by atoms with E-state index < -0.39 is 4.92 Å². The summed E-state index contributed by atoms with van der Waals surface area (Å²) in [6, 6.07) is 12.7. The van der Waals surface area contributed by atoms with Crippen molar-refractivity contribution in [3.05, 3.63) is 63.6 Å². The van der Waals surface area contributed by atoms with Gasteiger partial charge < -0.3 is 4.57 Å². The van der Waals surface area contributed by atoms with Gasteiger partial charge in [0.15, 0.2) is 5.15 Å². The zero-order chi connectivity index (χ0) is 19.8. The van der Waals surface area contributed by atoms with Gasteiger partial charge in [-0.05, 0) is 30.5 Å². The SMILES string of the molecule is CC(C)CCn1c(Cn2nc(Cl)c3cc([N+](=O)[O-])ccc32)nc2ccccc21. The van der Waals surface area contributed by atoms with Crippen molar-refractivity contribution in [1.82, 2.24) is 19.3 Å². The van der Waals surface area contributed by atoms with E-state index in [1.165, 1.54) is 12.1 Å². The Labute approximate surface area is 166 Å². The fraction of sp³-hybridized carbons (Fsp3) is 0.300. The zero-order valence-electron chi connectivity index (χ0n) is 15.7. The molecule has 7 nitrogen and oxygen atoms in total. The standard InChI is InChI=1S/C20H20ClN5O2/c1-13(2)9-10-24-18-6-4-3-5-16(18)22-19(24)12-25-17-8-7-14(26(27)28)11-15(17)20(21)23-25/h3-8,11,13H,9-10,12H2,1-2H3. The molecule has 144 valence electrons. The van der Waals surface area contributed by atoms with E-state index in [9.17, 15) is 10.1 Å². The van der Waals surface area contributed by atoms with Crippen LogP contribution in [0.3, 0.4) is 0 Å². The molecule has 2 aromatic carbocycles. The minimum atomic E-state index is -0.432. The quantitative estimate of drug-likeness (QED) is 0.337. The van der Waals surface area contributed by atoms with E-state index in [1.54, 1.807) is 10.7 Å². The zero-order valence-corrected chi connectivity index (χ0v) is 16.4. The number of aromatic nitrogens is 4. The Morgan fingerprint density at radius 3 is 2.71 bits per heavy atom. The number of imidazole rings is 1. The van der Waals surface area contributed by atoms with Gasteiger partial charge in [-0.2, -0.15) is 5.10 Å². The number of nitro benzene ring substituents is 1. The molecular formula is C20H20ClN5O2. The van der Waals surface area contributed by atoms with E-state index >= 15 is 0 Å². The molecule has 4 rings (SSSR count). The summed E-state index contributed by atoms with van der Waals surface area (Å²) < 4.78 is 3.98. The first kappa shape index (κ1) is 18.4. The summed E-state index contributed by atoms with van der Waals surface area (Å²) >= 11 is 6.26. The maximum Gasteiger partial charge on any atom is 0.270 e. The van der Waals surface area contributed by atoms with Crippen molar-refractivity contribution in [3.63, 3.8) is 0 Å². The van der Waals surface area contributed by atoms with E-state index in [-0.39, 0.29) is 10.8 Å². The molecule has 0 saturated heterocycles. The molecular weight excluding hydrogens is 378 g/mol. The van der Waals surface area contributed by atoms with E-state index in [0.29, 0.717) is 17.8 Å². The number of aryl methyl sites for hydroxylation is 1. The normalized spacial score (nSPS) is 11.7. The fourth-order valence-corrected chi connectivity index (χ4v) is 3.62. The van der Waals surface area contributed by atoms with Crippen LogP contribution in [0.25, 0.3) is 21.9 Å². The largest absolute Gasteiger partial charge is 0.326 e. The highest BCUT2D eigenvalue weighted by Crippen LogP contribution is 2.28. The number of nitro groups is 1. The highest BCUT2D eigenvalue weighted by atomic mass is 35.5. The molecule has 0 atom stereocenters. The number of halogens is 1. The summed E-state index contributed by atoms with van der Waals surface area (Å²) in [4.78, 5) is 15.4. The lowest BCUT2D eigenvalue weighted by Gasteiger charge is -2.11. The predicted molar refractivity (Wildman–Crippen MR) is 110 cm³/mol. The summed E-state index contributed by atoms with van der Waals surface area (Å²) in [5.74, 6) is 1.47. The number of non-ortho nitro benzene ring substituents is 1. The molecule has 0 fully saturated rings. The van der Waals surface area contributed by atoms with Crippen molar-refractivity contribution in [3.8, 4) is 0 Å². The molecule has 2 heterocycles. The summed E-state index contributed by atoms with van der Waals surface area (Å²) in [5, 5.41) is 16.3. The third-order valence-corrected chi connectivity index (χ3v) is 5.13. The van der Waals surface area contributed by atoms with E-state index in [0.717, 1.165) is 35.3 Å². The van der Waals surface area contributed by atoms with Crippen molar-refractivity contribution in [1.29, 1.82) is 0 Å². The second kappa shape index (κ2) is 7.24. The Bertz CT molecular complexity index is 1180. The number of rotatable bonds is 6. The maximum absolute atomic E-state index is 11.0. The summed E-state index contributed by atoms with van der Waals surface area (Å²) in [6.45, 7) is 5.71. The van der Waals surface area contributed by atoms with Gasteiger partial charge in [0.25, 0.3) is 5.69 Å². The van der Waals surface area contributed by atoms with Crippen LogP contribution in [0.4, 0.5) is 5.69 Å². The van der Waals surface area contributed by atoms with Crippen LogP contribution in [0.5, 0.6) is 0 Å². The van der Waals surface area contributed by atoms with Gasteiger partial charge in [0.2, 0.25) is 0 Å². The highest BCUT2D eigenvalue weighted by Gasteiger charge is 2.17. The Hall–Kier alpha value is -2.93. The van der Waals surface area contributed by atoms with E-state index in [1.807, 2.05) is 18.2 Å². The van der Waals surface area contributed by atoms with Gasteiger partial charge in [-0.3, -0.25) is 14.8 Å². The molecule has 4 aromatic rings. The minimum Gasteiger partial charge on any atom is -0.326 e. The first-order chi connectivity index (χ1) is 13.4. The molecule has 0 aliphatic carbocycles. The van der Waals surface area contributed by atoms with Crippen molar-refractivity contribution >= 4 is 39.2 Å². The molecule has 0 aliphatic heterocycles. The smallest absolute Gasteiger partial charge is 0.270 e. The Morgan fingerprint density at radius 2 is 1.96 bits per heavy atom. The van der Waals surface area contributed by atoms with Crippen LogP contribution in [0, 0.1) is 16.0 Å². The monoisotopic (exact) mass is 397 g/mol. The number of para-hydroxylation sites is 2. The third-order valence-electron chi connectivity index (χ3n) is 4.85. The predicted octanol–water partition coefficient (Wildman–Crippen LogP) is 5.04. The average Bonchev–Trinajstić information content (AvgIpc) is 3.17. The maximum atomic E-state index is 11.0. The fourth-order valence-electron chi connectivity index (χ4n) is 3.38. The van der Waals surface area contributed by atoms with Crippen molar-refractivity contribution in [2.75, 3.05) is 0 Å². The number of hydrogen-bond acceptors (Lipinski definition) is 4. The van der Waals surface area contributed by atoms with Crippen LogP contribution >= 0.6 is 11.6 Å². The van der Waals surface area contributed by atoms with Crippen molar-refractivity contribution < 1.29 is 4.92 Å². The lowest BCUT2D eigenvalue weighted by molar-refractivity contribution is -0.384. The van der Waals surface area contributed by atoms with Crippen LogP contribution in [0.15, 0.2) is 42.5 Å². The molecule has 0 spiro atoms. The van der Waals surface area contributed by atoms with E-state index in [4.69, 9.17) is 16.6 Å². The van der Waals surface area contributed by atoms with Gasteiger partial charge in [-0.25, -0.2) is 4.98 Å². The minimum absolute atomic E-state index is 0.00174. The van der Waals surface area contributed by atoms with Gasteiger partial charge in [0.1, 0.15) is 5.82 Å². The van der Waals surface area contributed by atoms with Crippen LogP contribution in [-0.2, 0) is 13.1 Å². The molecule has 0 bridgehead atoms. The number of nitrogens with zero attached hydrogens (tertiary/aromatic N) is 5. The summed E-state index contributed by atoms with van der Waals surface area (Å²) in [5.41, 5.74) is 2.78. The molecule has 2 aromatic heterocycles. The second-order valence-corrected chi connectivity index (χ2v) is 7.62. The van der Waals surface area contributed by atoms with Gasteiger partial charge in [-0.1, -0.05) is 37.6 Å². The van der Waals surface area contributed by atoms with Gasteiger partial charge >= 0.3 is 0 Å². The summed E-state index contributed by atoms with van der Waals surface area (Å²) in [7, 11) is 0.